The molecule has 0 saturated heterocycles. The summed E-state index contributed by atoms with van der Waals surface area (Å²) in [4.78, 5) is 0. The molecule has 0 heterocycles. The van der Waals surface area contributed by atoms with Crippen LogP contribution in [0, 0.1) is 5.92 Å². The molecule has 1 aliphatic carbocycles. The van der Waals surface area contributed by atoms with Gasteiger partial charge < -0.3 is 15.4 Å². The minimum atomic E-state index is -0.282. The van der Waals surface area contributed by atoms with E-state index in [-0.39, 0.29) is 11.3 Å². The molecular formula is C11H21BNO2. The molecule has 3 N–H and O–H groups in total. The number of aliphatic hydroxyl groups is 1. The molecule has 0 aromatic rings. The van der Waals surface area contributed by atoms with Crippen molar-refractivity contribution >= 4 is 7.48 Å². The quantitative estimate of drug-likeness (QED) is 0.354. The zero-order valence-corrected chi connectivity index (χ0v) is 9.50. The van der Waals surface area contributed by atoms with Crippen LogP contribution in [0.1, 0.15) is 32.1 Å². The minimum absolute atomic E-state index is 0.264. The van der Waals surface area contributed by atoms with E-state index in [2.05, 4.69) is 11.9 Å². The van der Waals surface area contributed by atoms with Crippen LogP contribution in [0.25, 0.3) is 0 Å². The summed E-state index contributed by atoms with van der Waals surface area (Å²) in [5.41, 5.74) is -0.282. The minimum Gasteiger partial charge on any atom is -0.511 e. The molecule has 0 aliphatic heterocycles. The molecule has 1 saturated carbocycles. The van der Waals surface area contributed by atoms with Crippen molar-refractivity contribution in [2.75, 3.05) is 7.05 Å². The fourth-order valence-corrected chi connectivity index (χ4v) is 2.78. The summed E-state index contributed by atoms with van der Waals surface area (Å²) >= 11 is 0. The van der Waals surface area contributed by atoms with E-state index in [1.54, 1.807) is 0 Å². The first kappa shape index (κ1) is 12.6. The molecule has 1 rings (SSSR count). The number of nitrogens with one attached hydrogen (secondary N) is 1. The van der Waals surface area contributed by atoms with Gasteiger partial charge in [-0.05, 0) is 32.2 Å². The summed E-state index contributed by atoms with van der Waals surface area (Å²) in [7, 11) is 3.10. The Bertz CT molecular complexity index is 223. The number of likely N-dealkylation sites (N-methyl/N-ethyl adjacent to an activating group) is 1. The van der Waals surface area contributed by atoms with Gasteiger partial charge in [-0.1, -0.05) is 25.7 Å². The van der Waals surface area contributed by atoms with Crippen molar-refractivity contribution in [1.29, 1.82) is 0 Å². The lowest BCUT2D eigenvalue weighted by Crippen LogP contribution is -2.47. The predicted molar refractivity (Wildman–Crippen MR) is 62.9 cm³/mol. The van der Waals surface area contributed by atoms with Gasteiger partial charge in [-0.15, -0.1) is 0 Å². The van der Waals surface area contributed by atoms with Crippen LogP contribution in [-0.4, -0.2) is 30.2 Å². The Morgan fingerprint density at radius 2 is 2.40 bits per heavy atom. The Labute approximate surface area is 92.9 Å². The maximum atomic E-state index is 9.72. The Hall–Kier alpha value is -0.475. The van der Waals surface area contributed by atoms with Gasteiger partial charge >= 0.3 is 0 Å². The fourth-order valence-electron chi connectivity index (χ4n) is 2.78. The number of hydrogen-bond donors (Lipinski definition) is 3. The van der Waals surface area contributed by atoms with Crippen LogP contribution in [0.15, 0.2) is 12.3 Å². The summed E-state index contributed by atoms with van der Waals surface area (Å²) in [5.74, 6) is 0.709. The first-order valence-electron chi connectivity index (χ1n) is 5.70. The summed E-state index contributed by atoms with van der Waals surface area (Å²) in [5, 5.41) is 21.6. The molecule has 85 valence electrons. The van der Waals surface area contributed by atoms with Gasteiger partial charge in [0.25, 0.3) is 7.48 Å². The van der Waals surface area contributed by atoms with Crippen molar-refractivity contribution in [1.82, 2.24) is 5.32 Å². The predicted octanol–water partition coefficient (Wildman–Crippen LogP) is 1.63. The van der Waals surface area contributed by atoms with Gasteiger partial charge in [-0.3, -0.25) is 0 Å². The van der Waals surface area contributed by atoms with Gasteiger partial charge in [0.2, 0.25) is 0 Å². The van der Waals surface area contributed by atoms with Crippen molar-refractivity contribution in [2.24, 2.45) is 5.92 Å². The molecule has 15 heavy (non-hydrogen) atoms. The van der Waals surface area contributed by atoms with Gasteiger partial charge in [0, 0.05) is 0 Å². The van der Waals surface area contributed by atoms with Gasteiger partial charge in [-0.2, -0.15) is 0 Å². The van der Waals surface area contributed by atoms with Gasteiger partial charge in [-0.25, -0.2) is 0 Å². The van der Waals surface area contributed by atoms with Crippen LogP contribution in [0.4, 0.5) is 0 Å². The smallest absolute Gasteiger partial charge is 0.287 e. The molecular weight excluding hydrogens is 189 g/mol. The van der Waals surface area contributed by atoms with Crippen LogP contribution in [0.3, 0.4) is 0 Å². The fraction of sp³-hybridized carbons (Fsp3) is 0.818. The third kappa shape index (κ3) is 2.55. The summed E-state index contributed by atoms with van der Waals surface area (Å²) in [6, 6.07) is 0. The van der Waals surface area contributed by atoms with E-state index < -0.39 is 0 Å². The Morgan fingerprint density at radius 1 is 1.67 bits per heavy atom. The third-order valence-electron chi connectivity index (χ3n) is 3.67. The van der Waals surface area contributed by atoms with Crippen LogP contribution >= 0.6 is 0 Å². The second-order valence-corrected chi connectivity index (χ2v) is 4.37. The highest BCUT2D eigenvalue weighted by atomic mass is 16.3. The van der Waals surface area contributed by atoms with E-state index in [0.717, 1.165) is 38.4 Å². The molecule has 1 radical (unpaired) electrons. The lowest BCUT2D eigenvalue weighted by molar-refractivity contribution is 0.203. The topological polar surface area (TPSA) is 52.5 Å². The molecule has 0 aromatic carbocycles. The molecule has 1 aliphatic rings. The molecule has 2 unspecified atom stereocenters. The largest absolute Gasteiger partial charge is 0.511 e. The standard InChI is InChI=1S/C11H21BNO2/c1-9(14)11(13-2)7-3-5-10(11)6-4-8-12-15/h10,13-15H,1,3-8H2,2H3. The lowest BCUT2D eigenvalue weighted by atomic mass is 9.80. The second kappa shape index (κ2) is 5.57. The third-order valence-corrected chi connectivity index (χ3v) is 3.67. The number of hydrogen-bond acceptors (Lipinski definition) is 3. The maximum absolute atomic E-state index is 9.72. The van der Waals surface area contributed by atoms with E-state index in [9.17, 15) is 5.11 Å². The van der Waals surface area contributed by atoms with Crippen molar-refractivity contribution in [2.45, 2.75) is 44.0 Å². The molecule has 0 aromatic heterocycles. The first-order valence-corrected chi connectivity index (χ1v) is 5.70. The lowest BCUT2D eigenvalue weighted by Gasteiger charge is -2.34. The van der Waals surface area contributed by atoms with Crippen molar-refractivity contribution < 1.29 is 10.1 Å². The second-order valence-electron chi connectivity index (χ2n) is 4.37. The monoisotopic (exact) mass is 210 g/mol. The molecule has 0 amide bonds. The SMILES string of the molecule is C=C(O)C1(NC)CCCC1CCC[B]O. The first-order chi connectivity index (χ1) is 7.17. The van der Waals surface area contributed by atoms with E-state index in [4.69, 9.17) is 5.02 Å². The van der Waals surface area contributed by atoms with Gasteiger partial charge in [0.1, 0.15) is 5.76 Å². The summed E-state index contributed by atoms with van der Waals surface area (Å²) < 4.78 is 0. The van der Waals surface area contributed by atoms with Crippen molar-refractivity contribution in [3.8, 4) is 0 Å². The van der Waals surface area contributed by atoms with Crippen LogP contribution in [0.5, 0.6) is 0 Å². The highest BCUT2D eigenvalue weighted by Gasteiger charge is 2.43. The van der Waals surface area contributed by atoms with Crippen LogP contribution in [-0.2, 0) is 0 Å². The van der Waals surface area contributed by atoms with Crippen LogP contribution in [0.2, 0.25) is 6.32 Å². The molecule has 2 atom stereocenters. The van der Waals surface area contributed by atoms with E-state index >= 15 is 0 Å². The van der Waals surface area contributed by atoms with Crippen molar-refractivity contribution in [3.63, 3.8) is 0 Å². The summed E-state index contributed by atoms with van der Waals surface area (Å²) in [6.07, 6.45) is 5.95. The Kier molecular flexibility index (Phi) is 4.67. The molecule has 3 nitrogen and oxygen atoms in total. The molecule has 0 spiro atoms. The highest BCUT2D eigenvalue weighted by Crippen LogP contribution is 2.41. The average molecular weight is 210 g/mol. The van der Waals surface area contributed by atoms with Crippen molar-refractivity contribution in [3.05, 3.63) is 12.3 Å². The normalized spacial score (nSPS) is 30.4. The Balaban J connectivity index is 2.57. The van der Waals surface area contributed by atoms with Gasteiger partial charge in [0.15, 0.2) is 0 Å². The highest BCUT2D eigenvalue weighted by molar-refractivity contribution is 6.25. The number of rotatable bonds is 6. The Morgan fingerprint density at radius 3 is 2.93 bits per heavy atom. The molecule has 0 bridgehead atoms. The van der Waals surface area contributed by atoms with E-state index in [1.165, 1.54) is 7.48 Å². The van der Waals surface area contributed by atoms with E-state index in [1.807, 2.05) is 7.05 Å². The number of aliphatic hydroxyl groups excluding tert-OH is 1. The van der Waals surface area contributed by atoms with Gasteiger partial charge in [0.05, 0.1) is 5.54 Å². The van der Waals surface area contributed by atoms with Crippen LogP contribution < -0.4 is 5.32 Å². The molecule has 1 fully saturated rings. The zero-order valence-electron chi connectivity index (χ0n) is 9.50. The maximum Gasteiger partial charge on any atom is 0.287 e. The van der Waals surface area contributed by atoms with E-state index in [0.29, 0.717) is 5.92 Å². The average Bonchev–Trinajstić information content (AvgIpc) is 2.62. The molecule has 4 heteroatoms. The summed E-state index contributed by atoms with van der Waals surface area (Å²) in [6.45, 7) is 3.69. The zero-order chi connectivity index (χ0) is 11.3.